The van der Waals surface area contributed by atoms with Crippen molar-refractivity contribution >= 4 is 21.6 Å². The van der Waals surface area contributed by atoms with Gasteiger partial charge in [-0.05, 0) is 63.5 Å². The number of hydrogen-bond donors (Lipinski definition) is 1. The first-order chi connectivity index (χ1) is 10.1. The summed E-state index contributed by atoms with van der Waals surface area (Å²) in [4.78, 5) is 12.8. The van der Waals surface area contributed by atoms with Gasteiger partial charge in [-0.15, -0.1) is 0 Å². The van der Waals surface area contributed by atoms with Crippen molar-refractivity contribution < 1.29 is 4.92 Å². The summed E-state index contributed by atoms with van der Waals surface area (Å²) in [5.74, 6) is 0.828. The molecular weight excluding hydrogens is 334 g/mol. The lowest BCUT2D eigenvalue weighted by Crippen LogP contribution is -2.34. The molecule has 1 aliphatic heterocycles. The highest BCUT2D eigenvalue weighted by atomic mass is 79.9. The van der Waals surface area contributed by atoms with Crippen LogP contribution in [0.1, 0.15) is 24.8 Å². The van der Waals surface area contributed by atoms with E-state index < -0.39 is 0 Å². The van der Waals surface area contributed by atoms with Crippen LogP contribution in [0.2, 0.25) is 0 Å². The van der Waals surface area contributed by atoms with Crippen LogP contribution in [0.25, 0.3) is 0 Å². The largest absolute Gasteiger partial charge is 0.320 e. The number of non-ortho nitro benzene ring substituents is 1. The van der Waals surface area contributed by atoms with Gasteiger partial charge in [-0.3, -0.25) is 15.0 Å². The number of halogens is 1. The monoisotopic (exact) mass is 355 g/mol. The van der Waals surface area contributed by atoms with Crippen molar-refractivity contribution in [2.75, 3.05) is 26.7 Å². The first-order valence-corrected chi connectivity index (χ1v) is 8.19. The number of piperidine rings is 1. The lowest BCUT2D eigenvalue weighted by Gasteiger charge is -2.32. The first kappa shape index (κ1) is 16.4. The van der Waals surface area contributed by atoms with Crippen molar-refractivity contribution in [2.45, 2.75) is 25.8 Å². The first-order valence-electron chi connectivity index (χ1n) is 7.40. The number of nitrogens with zero attached hydrogens (tertiary/aromatic N) is 2. The molecule has 1 heterocycles. The Morgan fingerprint density at radius 3 is 2.71 bits per heavy atom. The number of rotatable bonds is 6. The van der Waals surface area contributed by atoms with Gasteiger partial charge in [-0.1, -0.05) is 15.9 Å². The van der Waals surface area contributed by atoms with E-state index >= 15 is 0 Å². The van der Waals surface area contributed by atoms with Crippen molar-refractivity contribution in [2.24, 2.45) is 5.92 Å². The average molecular weight is 356 g/mol. The molecular formula is C15H22BrN3O2. The fourth-order valence-electron chi connectivity index (χ4n) is 2.80. The Balaban J connectivity index is 1.87. The van der Waals surface area contributed by atoms with E-state index in [0.717, 1.165) is 42.1 Å². The lowest BCUT2D eigenvalue weighted by molar-refractivity contribution is -0.384. The Hall–Kier alpha value is -0.980. The maximum absolute atomic E-state index is 10.7. The van der Waals surface area contributed by atoms with Crippen LogP contribution in [0.15, 0.2) is 22.7 Å². The van der Waals surface area contributed by atoms with Gasteiger partial charge in [0.05, 0.1) is 4.92 Å². The van der Waals surface area contributed by atoms with Crippen molar-refractivity contribution in [1.82, 2.24) is 10.2 Å². The van der Waals surface area contributed by atoms with Crippen LogP contribution in [0.5, 0.6) is 0 Å². The number of nitrogens with one attached hydrogen (secondary N) is 1. The molecule has 6 heteroatoms. The van der Waals surface area contributed by atoms with Gasteiger partial charge in [0.1, 0.15) is 0 Å². The molecule has 0 bridgehead atoms. The number of likely N-dealkylation sites (tertiary alicyclic amines) is 1. The predicted molar refractivity (Wildman–Crippen MR) is 87.3 cm³/mol. The van der Waals surface area contributed by atoms with Gasteiger partial charge in [0.2, 0.25) is 0 Å². The molecule has 2 rings (SSSR count). The zero-order valence-corrected chi connectivity index (χ0v) is 13.9. The van der Waals surface area contributed by atoms with Crippen LogP contribution in [0.3, 0.4) is 0 Å². The van der Waals surface area contributed by atoms with E-state index in [-0.39, 0.29) is 10.6 Å². The molecule has 1 fully saturated rings. The molecule has 1 saturated heterocycles. The van der Waals surface area contributed by atoms with E-state index in [9.17, 15) is 10.1 Å². The van der Waals surface area contributed by atoms with Crippen LogP contribution in [0, 0.1) is 16.0 Å². The zero-order valence-electron chi connectivity index (χ0n) is 12.3. The lowest BCUT2D eigenvalue weighted by atomic mass is 9.93. The number of benzene rings is 1. The Kier molecular flexibility index (Phi) is 6.14. The predicted octanol–water partition coefficient (Wildman–Crippen LogP) is 3.18. The minimum atomic E-state index is -0.359. The highest BCUT2D eigenvalue weighted by Gasteiger charge is 2.20. The summed E-state index contributed by atoms with van der Waals surface area (Å²) in [7, 11) is 2.00. The third-order valence-corrected chi connectivity index (χ3v) is 4.89. The Morgan fingerprint density at radius 2 is 2.14 bits per heavy atom. The molecule has 116 valence electrons. The molecule has 21 heavy (non-hydrogen) atoms. The van der Waals surface area contributed by atoms with Crippen LogP contribution in [-0.4, -0.2) is 36.5 Å². The minimum Gasteiger partial charge on any atom is -0.320 e. The summed E-state index contributed by atoms with van der Waals surface area (Å²) in [6, 6.07) is 5.03. The molecule has 0 radical (unpaired) electrons. The van der Waals surface area contributed by atoms with Gasteiger partial charge in [0.25, 0.3) is 5.69 Å². The quantitative estimate of drug-likeness (QED) is 0.628. The molecule has 5 nitrogen and oxygen atoms in total. The summed E-state index contributed by atoms with van der Waals surface area (Å²) in [5.41, 5.74) is 1.26. The number of hydrogen-bond acceptors (Lipinski definition) is 4. The van der Waals surface area contributed by atoms with Crippen LogP contribution in [0.4, 0.5) is 5.69 Å². The molecule has 0 spiro atoms. The summed E-state index contributed by atoms with van der Waals surface area (Å²) in [6.45, 7) is 4.17. The molecule has 0 amide bonds. The number of nitro groups is 1. The molecule has 0 saturated carbocycles. The van der Waals surface area contributed by atoms with Crippen molar-refractivity contribution in [3.63, 3.8) is 0 Å². The third kappa shape index (κ3) is 4.76. The summed E-state index contributed by atoms with van der Waals surface area (Å²) >= 11 is 3.45. The second-order valence-electron chi connectivity index (χ2n) is 5.64. The molecule has 0 atom stereocenters. The highest BCUT2D eigenvalue weighted by Crippen LogP contribution is 2.26. The van der Waals surface area contributed by atoms with Gasteiger partial charge in [-0.2, -0.15) is 0 Å². The van der Waals surface area contributed by atoms with Crippen molar-refractivity contribution in [3.05, 3.63) is 38.3 Å². The standard InChI is InChI=1S/C15H22BrN3O2/c1-17-7-4-12-5-8-18(9-6-12)11-13-2-3-14(19(20)21)10-15(13)16/h2-3,10,12,17H,4-9,11H2,1H3. The maximum atomic E-state index is 10.7. The molecule has 0 aliphatic carbocycles. The maximum Gasteiger partial charge on any atom is 0.270 e. The summed E-state index contributed by atoms with van der Waals surface area (Å²) in [6.07, 6.45) is 3.74. The van der Waals surface area contributed by atoms with E-state index in [4.69, 9.17) is 0 Å². The number of nitro benzene ring substituents is 1. The highest BCUT2D eigenvalue weighted by molar-refractivity contribution is 9.10. The molecule has 0 aromatic heterocycles. The molecule has 0 unspecified atom stereocenters. The van der Waals surface area contributed by atoms with E-state index in [2.05, 4.69) is 26.1 Å². The second kappa shape index (κ2) is 7.87. The van der Waals surface area contributed by atoms with Gasteiger partial charge in [0, 0.05) is 23.2 Å². The zero-order chi connectivity index (χ0) is 15.2. The van der Waals surface area contributed by atoms with Crippen LogP contribution >= 0.6 is 15.9 Å². The minimum absolute atomic E-state index is 0.136. The molecule has 1 aromatic rings. The SMILES string of the molecule is CNCCC1CCN(Cc2ccc([N+](=O)[O-])cc2Br)CC1. The summed E-state index contributed by atoms with van der Waals surface area (Å²) < 4.78 is 0.828. The van der Waals surface area contributed by atoms with Gasteiger partial charge >= 0.3 is 0 Å². The van der Waals surface area contributed by atoms with Crippen molar-refractivity contribution in [3.8, 4) is 0 Å². The van der Waals surface area contributed by atoms with Crippen LogP contribution < -0.4 is 5.32 Å². The Morgan fingerprint density at radius 1 is 1.43 bits per heavy atom. The smallest absolute Gasteiger partial charge is 0.270 e. The van der Waals surface area contributed by atoms with E-state index in [0.29, 0.717) is 0 Å². The van der Waals surface area contributed by atoms with E-state index in [1.165, 1.54) is 19.3 Å². The third-order valence-electron chi connectivity index (χ3n) is 4.15. The van der Waals surface area contributed by atoms with E-state index in [1.807, 2.05) is 13.1 Å². The van der Waals surface area contributed by atoms with E-state index in [1.54, 1.807) is 12.1 Å². The normalized spacial score (nSPS) is 17.0. The van der Waals surface area contributed by atoms with Gasteiger partial charge in [0.15, 0.2) is 0 Å². The fourth-order valence-corrected chi connectivity index (χ4v) is 3.29. The Bertz CT molecular complexity index is 488. The van der Waals surface area contributed by atoms with Crippen LogP contribution in [-0.2, 0) is 6.54 Å². The second-order valence-corrected chi connectivity index (χ2v) is 6.50. The fraction of sp³-hybridized carbons (Fsp3) is 0.600. The molecule has 1 aromatic carbocycles. The van der Waals surface area contributed by atoms with Gasteiger partial charge in [-0.25, -0.2) is 0 Å². The average Bonchev–Trinajstić information content (AvgIpc) is 2.48. The van der Waals surface area contributed by atoms with Gasteiger partial charge < -0.3 is 5.32 Å². The topological polar surface area (TPSA) is 58.4 Å². The molecule has 1 aliphatic rings. The molecule has 1 N–H and O–H groups in total. The van der Waals surface area contributed by atoms with Crippen molar-refractivity contribution in [1.29, 1.82) is 0 Å². The Labute approximate surface area is 134 Å². The summed E-state index contributed by atoms with van der Waals surface area (Å²) in [5, 5.41) is 14.0.